The Morgan fingerprint density at radius 1 is 1.21 bits per heavy atom. The van der Waals surface area contributed by atoms with Crippen LogP contribution in [0.2, 0.25) is 0 Å². The van der Waals surface area contributed by atoms with Gasteiger partial charge in [0.25, 0.3) is 5.91 Å². The summed E-state index contributed by atoms with van der Waals surface area (Å²) < 4.78 is 5.52. The standard InChI is InChI=1S/C22H26N4O2/c1-15-13-20-19(9-12-28-20)21(24-15)16-3-5-17(6-4-16)22(27)25-18-7-10-26(11-8-18)14-23-2/h3-6,9,12-13,18,23H,7-8,10-11,14H2,1-2H3,(H,25,27). The zero-order chi connectivity index (χ0) is 19.5. The molecule has 1 aliphatic rings. The van der Waals surface area contributed by atoms with Gasteiger partial charge in [0.1, 0.15) is 5.58 Å². The highest BCUT2D eigenvalue weighted by Gasteiger charge is 2.20. The summed E-state index contributed by atoms with van der Waals surface area (Å²) in [5, 5.41) is 7.34. The molecule has 0 saturated carbocycles. The number of hydrogen-bond donors (Lipinski definition) is 2. The SMILES string of the molecule is CNCN1CCC(NC(=O)c2ccc(-c3nc(C)cc4occc34)cc2)CC1. The molecule has 4 rings (SSSR count). The minimum Gasteiger partial charge on any atom is -0.464 e. The van der Waals surface area contributed by atoms with Crippen molar-refractivity contribution < 1.29 is 9.21 Å². The molecule has 1 aliphatic heterocycles. The molecule has 1 aromatic carbocycles. The van der Waals surface area contributed by atoms with Crippen molar-refractivity contribution in [2.75, 3.05) is 26.8 Å². The van der Waals surface area contributed by atoms with Crippen molar-refractivity contribution >= 4 is 16.9 Å². The van der Waals surface area contributed by atoms with Gasteiger partial charge in [-0.3, -0.25) is 14.7 Å². The number of aryl methyl sites for hydroxylation is 1. The second kappa shape index (κ2) is 8.12. The van der Waals surface area contributed by atoms with Crippen molar-refractivity contribution in [1.29, 1.82) is 0 Å². The maximum Gasteiger partial charge on any atom is 0.251 e. The van der Waals surface area contributed by atoms with E-state index >= 15 is 0 Å². The number of rotatable bonds is 5. The second-order valence-corrected chi connectivity index (χ2v) is 7.40. The lowest BCUT2D eigenvalue weighted by Gasteiger charge is -2.32. The number of piperidine rings is 1. The third kappa shape index (κ3) is 3.93. The summed E-state index contributed by atoms with van der Waals surface area (Å²) in [6.45, 7) is 4.86. The number of aromatic nitrogens is 1. The summed E-state index contributed by atoms with van der Waals surface area (Å²) in [5.74, 6) is -0.00993. The van der Waals surface area contributed by atoms with Gasteiger partial charge >= 0.3 is 0 Å². The van der Waals surface area contributed by atoms with Gasteiger partial charge in [-0.2, -0.15) is 0 Å². The number of likely N-dealkylation sites (tertiary alicyclic amines) is 1. The number of furan rings is 1. The third-order valence-electron chi connectivity index (χ3n) is 5.30. The van der Waals surface area contributed by atoms with Gasteiger partial charge < -0.3 is 15.1 Å². The lowest BCUT2D eigenvalue weighted by molar-refractivity contribution is 0.0909. The highest BCUT2D eigenvalue weighted by molar-refractivity contribution is 5.96. The molecule has 1 fully saturated rings. The molecular weight excluding hydrogens is 352 g/mol. The molecule has 6 nitrogen and oxygen atoms in total. The average molecular weight is 378 g/mol. The Kier molecular flexibility index (Phi) is 5.41. The molecule has 0 atom stereocenters. The Balaban J connectivity index is 1.44. The number of hydrogen-bond acceptors (Lipinski definition) is 5. The quantitative estimate of drug-likeness (QED) is 0.714. The number of benzene rings is 1. The Labute approximate surface area is 164 Å². The number of pyridine rings is 1. The van der Waals surface area contributed by atoms with E-state index in [9.17, 15) is 4.79 Å². The summed E-state index contributed by atoms with van der Waals surface area (Å²) in [6.07, 6.45) is 3.65. The van der Waals surface area contributed by atoms with E-state index in [0.717, 1.165) is 60.5 Å². The average Bonchev–Trinajstić information content (AvgIpc) is 3.17. The van der Waals surface area contributed by atoms with Crippen LogP contribution in [0.5, 0.6) is 0 Å². The molecule has 1 amide bonds. The molecule has 0 unspecified atom stereocenters. The van der Waals surface area contributed by atoms with Gasteiger partial charge in [-0.15, -0.1) is 0 Å². The molecule has 2 aromatic heterocycles. The highest BCUT2D eigenvalue weighted by Crippen LogP contribution is 2.28. The monoisotopic (exact) mass is 378 g/mol. The number of amides is 1. The van der Waals surface area contributed by atoms with Crippen molar-refractivity contribution in [3.63, 3.8) is 0 Å². The van der Waals surface area contributed by atoms with Gasteiger partial charge in [0.15, 0.2) is 0 Å². The topological polar surface area (TPSA) is 70.4 Å². The Bertz CT molecular complexity index is 956. The van der Waals surface area contributed by atoms with Crippen LogP contribution in [0.15, 0.2) is 47.1 Å². The van der Waals surface area contributed by atoms with E-state index in [1.54, 1.807) is 6.26 Å². The van der Waals surface area contributed by atoms with Crippen LogP contribution in [0.4, 0.5) is 0 Å². The molecule has 0 aliphatic carbocycles. The molecule has 28 heavy (non-hydrogen) atoms. The zero-order valence-electron chi connectivity index (χ0n) is 16.4. The van der Waals surface area contributed by atoms with E-state index in [4.69, 9.17) is 4.42 Å². The zero-order valence-corrected chi connectivity index (χ0v) is 16.4. The molecular formula is C22H26N4O2. The fourth-order valence-electron chi connectivity index (χ4n) is 3.81. The maximum absolute atomic E-state index is 12.6. The van der Waals surface area contributed by atoms with Crippen molar-refractivity contribution in [1.82, 2.24) is 20.5 Å². The summed E-state index contributed by atoms with van der Waals surface area (Å²) >= 11 is 0. The van der Waals surface area contributed by atoms with Crippen LogP contribution in [-0.4, -0.2) is 48.6 Å². The summed E-state index contributed by atoms with van der Waals surface area (Å²) in [7, 11) is 1.96. The van der Waals surface area contributed by atoms with Gasteiger partial charge in [-0.1, -0.05) is 12.1 Å². The number of nitrogens with zero attached hydrogens (tertiary/aromatic N) is 2. The van der Waals surface area contributed by atoms with Gasteiger partial charge in [-0.25, -0.2) is 0 Å². The van der Waals surface area contributed by atoms with Crippen LogP contribution >= 0.6 is 0 Å². The van der Waals surface area contributed by atoms with E-state index < -0.39 is 0 Å². The Morgan fingerprint density at radius 3 is 2.68 bits per heavy atom. The largest absolute Gasteiger partial charge is 0.464 e. The van der Waals surface area contributed by atoms with Gasteiger partial charge in [-0.05, 0) is 45.0 Å². The lowest BCUT2D eigenvalue weighted by atomic mass is 10.0. The van der Waals surface area contributed by atoms with Crippen LogP contribution in [0.25, 0.3) is 22.2 Å². The normalized spacial score (nSPS) is 15.8. The molecule has 3 heterocycles. The smallest absolute Gasteiger partial charge is 0.251 e. The second-order valence-electron chi connectivity index (χ2n) is 7.40. The number of nitrogens with one attached hydrogen (secondary N) is 2. The molecule has 6 heteroatoms. The first-order chi connectivity index (χ1) is 13.6. The molecule has 1 saturated heterocycles. The maximum atomic E-state index is 12.6. The van der Waals surface area contributed by atoms with E-state index in [0.29, 0.717) is 5.56 Å². The minimum atomic E-state index is -0.00993. The number of carbonyl (C=O) groups is 1. The van der Waals surface area contributed by atoms with Gasteiger partial charge in [0, 0.05) is 54.1 Å². The predicted molar refractivity (Wildman–Crippen MR) is 110 cm³/mol. The molecule has 146 valence electrons. The molecule has 3 aromatic rings. The van der Waals surface area contributed by atoms with Crippen molar-refractivity contribution in [2.45, 2.75) is 25.8 Å². The molecule has 0 radical (unpaired) electrons. The van der Waals surface area contributed by atoms with Gasteiger partial charge in [0.2, 0.25) is 0 Å². The molecule has 0 bridgehead atoms. The van der Waals surface area contributed by atoms with Crippen molar-refractivity contribution in [3.8, 4) is 11.3 Å². The number of fused-ring (bicyclic) bond motifs is 1. The predicted octanol–water partition coefficient (Wildman–Crippen LogP) is 3.17. The molecule has 2 N–H and O–H groups in total. The van der Waals surface area contributed by atoms with E-state index in [1.165, 1.54) is 0 Å². The minimum absolute atomic E-state index is 0.00993. The number of carbonyl (C=O) groups excluding carboxylic acids is 1. The first kappa shape index (κ1) is 18.7. The van der Waals surface area contributed by atoms with Crippen LogP contribution < -0.4 is 10.6 Å². The van der Waals surface area contributed by atoms with Gasteiger partial charge in [0.05, 0.1) is 12.0 Å². The Morgan fingerprint density at radius 2 is 1.96 bits per heavy atom. The van der Waals surface area contributed by atoms with Crippen LogP contribution in [0.1, 0.15) is 28.9 Å². The third-order valence-corrected chi connectivity index (χ3v) is 5.30. The summed E-state index contributed by atoms with van der Waals surface area (Å²) in [5.41, 5.74) is 4.27. The van der Waals surface area contributed by atoms with Crippen molar-refractivity contribution in [3.05, 3.63) is 53.9 Å². The summed E-state index contributed by atoms with van der Waals surface area (Å²) in [4.78, 5) is 19.7. The van der Waals surface area contributed by atoms with Crippen LogP contribution in [0.3, 0.4) is 0 Å². The first-order valence-corrected chi connectivity index (χ1v) is 9.77. The van der Waals surface area contributed by atoms with Crippen molar-refractivity contribution in [2.24, 2.45) is 0 Å². The van der Waals surface area contributed by atoms with E-state index in [2.05, 4.69) is 20.5 Å². The van der Waals surface area contributed by atoms with Crippen LogP contribution in [0, 0.1) is 6.92 Å². The highest BCUT2D eigenvalue weighted by atomic mass is 16.3. The Hall–Kier alpha value is -2.70. The van der Waals surface area contributed by atoms with E-state index in [1.807, 2.05) is 50.4 Å². The van der Waals surface area contributed by atoms with E-state index in [-0.39, 0.29) is 11.9 Å². The summed E-state index contributed by atoms with van der Waals surface area (Å²) in [6, 6.07) is 11.8. The molecule has 0 spiro atoms. The first-order valence-electron chi connectivity index (χ1n) is 9.77. The van der Waals surface area contributed by atoms with Crippen LogP contribution in [-0.2, 0) is 0 Å². The lowest BCUT2D eigenvalue weighted by Crippen LogP contribution is -2.46. The fourth-order valence-corrected chi connectivity index (χ4v) is 3.81. The fraction of sp³-hybridized carbons (Fsp3) is 0.364.